The molecule has 3 atom stereocenters. The molecule has 1 unspecified atom stereocenters. The number of carbonyl (C=O) groups excluding carboxylic acids is 1. The fourth-order valence-electron chi connectivity index (χ4n) is 2.26. The molecule has 0 spiro atoms. The van der Waals surface area contributed by atoms with Gasteiger partial charge in [0.25, 0.3) is 0 Å². The highest BCUT2D eigenvalue weighted by atomic mass is 35.5. The van der Waals surface area contributed by atoms with Gasteiger partial charge in [-0.1, -0.05) is 17.7 Å². The standard InChI is InChI=1S/C14H15ClFNO4/c1-7(14(19)20)17-13(18)9-4-5-21-12(9)8-2-3-10(15)11(16)6-8/h2-3,6-7,9,12H,4-5H2,1H3,(H,17,18)(H,19,20)/t7?,9-,12+/m1/s1. The molecule has 2 rings (SSSR count). The second-order valence-corrected chi connectivity index (χ2v) is 5.34. The van der Waals surface area contributed by atoms with E-state index in [2.05, 4.69) is 5.32 Å². The summed E-state index contributed by atoms with van der Waals surface area (Å²) in [4.78, 5) is 22.9. The summed E-state index contributed by atoms with van der Waals surface area (Å²) in [7, 11) is 0. The number of aliphatic carboxylic acids is 1. The van der Waals surface area contributed by atoms with Crippen LogP contribution in [0.1, 0.15) is 25.0 Å². The second kappa shape index (κ2) is 6.41. The van der Waals surface area contributed by atoms with Gasteiger partial charge in [0, 0.05) is 6.61 Å². The summed E-state index contributed by atoms with van der Waals surface area (Å²) in [6.45, 7) is 1.74. The Kier molecular flexibility index (Phi) is 4.80. The summed E-state index contributed by atoms with van der Waals surface area (Å²) in [5.74, 6) is -2.66. The van der Waals surface area contributed by atoms with E-state index in [0.29, 0.717) is 18.6 Å². The number of nitrogens with one attached hydrogen (secondary N) is 1. The van der Waals surface area contributed by atoms with Gasteiger partial charge in [-0.25, -0.2) is 4.39 Å². The predicted molar refractivity (Wildman–Crippen MR) is 73.5 cm³/mol. The number of benzene rings is 1. The zero-order valence-electron chi connectivity index (χ0n) is 11.3. The third-order valence-electron chi connectivity index (χ3n) is 3.43. The molecule has 1 aromatic rings. The Labute approximate surface area is 126 Å². The number of rotatable bonds is 4. The van der Waals surface area contributed by atoms with E-state index in [0.717, 1.165) is 0 Å². The molecular formula is C14H15ClFNO4. The van der Waals surface area contributed by atoms with Crippen molar-refractivity contribution in [3.8, 4) is 0 Å². The lowest BCUT2D eigenvalue weighted by Crippen LogP contribution is -2.42. The van der Waals surface area contributed by atoms with Crippen LogP contribution in [0, 0.1) is 11.7 Å². The highest BCUT2D eigenvalue weighted by molar-refractivity contribution is 6.30. The molecule has 21 heavy (non-hydrogen) atoms. The van der Waals surface area contributed by atoms with Gasteiger partial charge in [0.15, 0.2) is 0 Å². The Bertz CT molecular complexity index is 566. The van der Waals surface area contributed by atoms with E-state index in [1.54, 1.807) is 6.07 Å². The molecule has 1 saturated heterocycles. The topological polar surface area (TPSA) is 75.6 Å². The van der Waals surface area contributed by atoms with Crippen molar-refractivity contribution in [3.05, 3.63) is 34.6 Å². The molecule has 0 aliphatic carbocycles. The number of ether oxygens (including phenoxy) is 1. The van der Waals surface area contributed by atoms with Gasteiger partial charge in [0.05, 0.1) is 17.0 Å². The van der Waals surface area contributed by atoms with Gasteiger partial charge < -0.3 is 15.2 Å². The van der Waals surface area contributed by atoms with Crippen molar-refractivity contribution in [2.24, 2.45) is 5.92 Å². The molecule has 1 aliphatic heterocycles. The third kappa shape index (κ3) is 3.51. The van der Waals surface area contributed by atoms with Crippen LogP contribution in [0.25, 0.3) is 0 Å². The summed E-state index contributed by atoms with van der Waals surface area (Å²) in [6, 6.07) is 3.25. The largest absolute Gasteiger partial charge is 0.480 e. The molecule has 5 nitrogen and oxygen atoms in total. The van der Waals surface area contributed by atoms with Gasteiger partial charge in [0.1, 0.15) is 11.9 Å². The van der Waals surface area contributed by atoms with Gasteiger partial charge in [0.2, 0.25) is 5.91 Å². The number of hydrogen-bond acceptors (Lipinski definition) is 3. The Morgan fingerprint density at radius 1 is 1.52 bits per heavy atom. The van der Waals surface area contributed by atoms with Crippen LogP contribution in [0.4, 0.5) is 4.39 Å². The van der Waals surface area contributed by atoms with Crippen LogP contribution in [0.15, 0.2) is 18.2 Å². The van der Waals surface area contributed by atoms with Gasteiger partial charge in [-0.05, 0) is 31.0 Å². The van der Waals surface area contributed by atoms with Crippen molar-refractivity contribution >= 4 is 23.5 Å². The third-order valence-corrected chi connectivity index (χ3v) is 3.74. The van der Waals surface area contributed by atoms with Crippen molar-refractivity contribution < 1.29 is 23.8 Å². The maximum absolute atomic E-state index is 13.5. The molecule has 0 aromatic heterocycles. The molecule has 0 saturated carbocycles. The summed E-state index contributed by atoms with van der Waals surface area (Å²) < 4.78 is 19.0. The van der Waals surface area contributed by atoms with E-state index in [1.165, 1.54) is 19.1 Å². The fraction of sp³-hybridized carbons (Fsp3) is 0.429. The normalized spacial score (nSPS) is 22.8. The van der Waals surface area contributed by atoms with Crippen molar-refractivity contribution in [1.29, 1.82) is 0 Å². The lowest BCUT2D eigenvalue weighted by molar-refractivity contribution is -0.142. The first kappa shape index (κ1) is 15.7. The summed E-state index contributed by atoms with van der Waals surface area (Å²) >= 11 is 5.63. The highest BCUT2D eigenvalue weighted by Crippen LogP contribution is 2.35. The van der Waals surface area contributed by atoms with Gasteiger partial charge in [-0.15, -0.1) is 0 Å². The Morgan fingerprint density at radius 3 is 2.86 bits per heavy atom. The average molecular weight is 316 g/mol. The van der Waals surface area contributed by atoms with Crippen LogP contribution in [0.5, 0.6) is 0 Å². The van der Waals surface area contributed by atoms with Crippen LogP contribution < -0.4 is 5.32 Å². The van der Waals surface area contributed by atoms with E-state index in [4.69, 9.17) is 21.4 Å². The van der Waals surface area contributed by atoms with Crippen molar-refractivity contribution in [2.75, 3.05) is 6.61 Å². The molecule has 114 valence electrons. The number of carbonyl (C=O) groups is 2. The monoisotopic (exact) mass is 315 g/mol. The second-order valence-electron chi connectivity index (χ2n) is 4.93. The van der Waals surface area contributed by atoms with Crippen LogP contribution in [-0.2, 0) is 14.3 Å². The average Bonchev–Trinajstić information content (AvgIpc) is 2.91. The van der Waals surface area contributed by atoms with E-state index in [1.807, 2.05) is 0 Å². The van der Waals surface area contributed by atoms with Crippen LogP contribution >= 0.6 is 11.6 Å². The molecule has 0 bridgehead atoms. The molecule has 1 aliphatic rings. The minimum atomic E-state index is -1.11. The quantitative estimate of drug-likeness (QED) is 0.892. The smallest absolute Gasteiger partial charge is 0.325 e. The molecule has 2 N–H and O–H groups in total. The van der Waals surface area contributed by atoms with E-state index in [-0.39, 0.29) is 5.02 Å². The number of carboxylic acids is 1. The first-order valence-corrected chi connectivity index (χ1v) is 6.87. The number of amides is 1. The van der Waals surface area contributed by atoms with Gasteiger partial charge >= 0.3 is 5.97 Å². The lowest BCUT2D eigenvalue weighted by Gasteiger charge is -2.20. The zero-order chi connectivity index (χ0) is 15.6. The molecule has 0 radical (unpaired) electrons. The Hall–Kier alpha value is -1.66. The van der Waals surface area contributed by atoms with Crippen LogP contribution in [0.3, 0.4) is 0 Å². The van der Waals surface area contributed by atoms with Crippen molar-refractivity contribution in [2.45, 2.75) is 25.5 Å². The zero-order valence-corrected chi connectivity index (χ0v) is 12.1. The number of carboxylic acid groups (broad SMARTS) is 1. The minimum Gasteiger partial charge on any atom is -0.480 e. The van der Waals surface area contributed by atoms with Gasteiger partial charge in [-0.3, -0.25) is 9.59 Å². The van der Waals surface area contributed by atoms with E-state index < -0.39 is 35.8 Å². The highest BCUT2D eigenvalue weighted by Gasteiger charge is 2.36. The van der Waals surface area contributed by atoms with E-state index in [9.17, 15) is 14.0 Å². The maximum Gasteiger partial charge on any atom is 0.325 e. The molecule has 7 heteroatoms. The lowest BCUT2D eigenvalue weighted by atomic mass is 9.94. The predicted octanol–water partition coefficient (Wildman–Crippen LogP) is 2.15. The van der Waals surface area contributed by atoms with Crippen molar-refractivity contribution in [1.82, 2.24) is 5.32 Å². The molecule has 1 heterocycles. The van der Waals surface area contributed by atoms with Crippen molar-refractivity contribution in [3.63, 3.8) is 0 Å². The minimum absolute atomic E-state index is 0.00255. The van der Waals surface area contributed by atoms with Crippen LogP contribution in [0.2, 0.25) is 5.02 Å². The maximum atomic E-state index is 13.5. The summed E-state index contributed by atoms with van der Waals surface area (Å²) in [5, 5.41) is 11.2. The Balaban J connectivity index is 2.14. The first-order valence-electron chi connectivity index (χ1n) is 6.50. The van der Waals surface area contributed by atoms with Gasteiger partial charge in [-0.2, -0.15) is 0 Å². The number of hydrogen-bond donors (Lipinski definition) is 2. The fourth-order valence-corrected chi connectivity index (χ4v) is 2.38. The Morgan fingerprint density at radius 2 is 2.24 bits per heavy atom. The first-order chi connectivity index (χ1) is 9.90. The summed E-state index contributed by atoms with van der Waals surface area (Å²) in [5.41, 5.74) is 0.512. The molecule has 1 amide bonds. The van der Waals surface area contributed by atoms with E-state index >= 15 is 0 Å². The molecular weight excluding hydrogens is 301 g/mol. The SMILES string of the molecule is CC(NC(=O)[C@@H]1CCO[C@H]1c1ccc(Cl)c(F)c1)C(=O)O. The number of halogens is 2. The van der Waals surface area contributed by atoms with Crippen LogP contribution in [-0.4, -0.2) is 29.6 Å². The molecule has 1 aromatic carbocycles. The summed E-state index contributed by atoms with van der Waals surface area (Å²) in [6.07, 6.45) is -0.148. The molecule has 1 fully saturated rings.